The predicted molar refractivity (Wildman–Crippen MR) is 93.4 cm³/mol. The largest absolute Gasteiger partial charge is 0.310 e. The Morgan fingerprint density at radius 2 is 1.95 bits per heavy atom. The molecule has 1 atom stereocenters. The van der Waals surface area contributed by atoms with E-state index in [4.69, 9.17) is 11.6 Å². The van der Waals surface area contributed by atoms with Gasteiger partial charge in [-0.15, -0.1) is 0 Å². The first kappa shape index (κ1) is 16.9. The van der Waals surface area contributed by atoms with Crippen molar-refractivity contribution >= 4 is 43.5 Å². The Kier molecular flexibility index (Phi) is 6.23. The van der Waals surface area contributed by atoms with Gasteiger partial charge in [0.15, 0.2) is 0 Å². The number of nitrogens with one attached hydrogen (secondary N) is 1. The van der Waals surface area contributed by atoms with Gasteiger partial charge in [-0.2, -0.15) is 0 Å². The molecule has 112 valence electrons. The van der Waals surface area contributed by atoms with Crippen LogP contribution in [0.3, 0.4) is 0 Å². The summed E-state index contributed by atoms with van der Waals surface area (Å²) in [6.45, 7) is 2.88. The summed E-state index contributed by atoms with van der Waals surface area (Å²) in [5.74, 6) is -0.233. The molecule has 0 radical (unpaired) electrons. The van der Waals surface area contributed by atoms with E-state index in [2.05, 4.69) is 44.1 Å². The summed E-state index contributed by atoms with van der Waals surface area (Å²) in [6.07, 6.45) is 0.697. The highest BCUT2D eigenvalue weighted by Gasteiger charge is 2.13. The van der Waals surface area contributed by atoms with Crippen LogP contribution in [0.25, 0.3) is 0 Å². The first-order valence-electron chi connectivity index (χ1n) is 6.63. The Bertz CT molecular complexity index is 613. The topological polar surface area (TPSA) is 12.0 Å². The molecule has 0 aliphatic carbocycles. The zero-order valence-corrected chi connectivity index (χ0v) is 15.4. The Morgan fingerprint density at radius 1 is 1.19 bits per heavy atom. The lowest BCUT2D eigenvalue weighted by atomic mass is 9.99. The summed E-state index contributed by atoms with van der Waals surface area (Å²) in [6, 6.07) is 11.0. The molecular weight excluding hydrogens is 420 g/mol. The van der Waals surface area contributed by atoms with E-state index in [1.54, 1.807) is 6.07 Å². The second-order valence-electron chi connectivity index (χ2n) is 4.77. The Morgan fingerprint density at radius 3 is 2.57 bits per heavy atom. The van der Waals surface area contributed by atoms with Crippen molar-refractivity contribution in [3.63, 3.8) is 0 Å². The molecule has 5 heteroatoms. The first-order chi connectivity index (χ1) is 9.99. The molecule has 0 heterocycles. The summed E-state index contributed by atoms with van der Waals surface area (Å²) >= 11 is 12.9. The molecule has 0 aliphatic heterocycles. The molecule has 0 spiro atoms. The van der Waals surface area contributed by atoms with Crippen molar-refractivity contribution in [3.8, 4) is 0 Å². The fourth-order valence-corrected chi connectivity index (χ4v) is 3.20. The molecular formula is C16H15Br2ClFN. The minimum absolute atomic E-state index is 0.0919. The molecule has 1 unspecified atom stereocenters. The maximum Gasteiger partial charge on any atom is 0.124 e. The molecule has 0 saturated carbocycles. The van der Waals surface area contributed by atoms with E-state index in [-0.39, 0.29) is 11.9 Å². The smallest absolute Gasteiger partial charge is 0.124 e. The lowest BCUT2D eigenvalue weighted by Gasteiger charge is -2.19. The van der Waals surface area contributed by atoms with E-state index in [9.17, 15) is 4.39 Å². The molecule has 0 amide bonds. The van der Waals surface area contributed by atoms with Crippen LogP contribution in [0.15, 0.2) is 45.3 Å². The van der Waals surface area contributed by atoms with E-state index >= 15 is 0 Å². The average molecular weight is 436 g/mol. The maximum atomic E-state index is 13.5. The highest BCUT2D eigenvalue weighted by molar-refractivity contribution is 9.10. The molecule has 0 bridgehead atoms. The molecule has 0 fully saturated rings. The van der Waals surface area contributed by atoms with Crippen molar-refractivity contribution in [2.75, 3.05) is 6.54 Å². The molecule has 0 saturated heterocycles. The molecule has 0 aromatic heterocycles. The average Bonchev–Trinajstić information content (AvgIpc) is 2.40. The van der Waals surface area contributed by atoms with Crippen molar-refractivity contribution in [2.24, 2.45) is 0 Å². The molecule has 21 heavy (non-hydrogen) atoms. The summed E-state index contributed by atoms with van der Waals surface area (Å²) in [5.41, 5.74) is 2.03. The quantitative estimate of drug-likeness (QED) is 0.617. The Balaban J connectivity index is 2.27. The van der Waals surface area contributed by atoms with Gasteiger partial charge in [0, 0.05) is 15.0 Å². The van der Waals surface area contributed by atoms with Gasteiger partial charge in [0.25, 0.3) is 0 Å². The lowest BCUT2D eigenvalue weighted by Crippen LogP contribution is -2.23. The van der Waals surface area contributed by atoms with Gasteiger partial charge < -0.3 is 5.32 Å². The highest BCUT2D eigenvalue weighted by atomic mass is 79.9. The molecule has 1 nitrogen and oxygen atoms in total. The zero-order valence-electron chi connectivity index (χ0n) is 11.5. The summed E-state index contributed by atoms with van der Waals surface area (Å²) in [7, 11) is 0. The summed E-state index contributed by atoms with van der Waals surface area (Å²) < 4.78 is 15.1. The summed E-state index contributed by atoms with van der Waals surface area (Å²) in [4.78, 5) is 0. The highest BCUT2D eigenvalue weighted by Crippen LogP contribution is 2.28. The molecule has 2 rings (SSSR count). The van der Waals surface area contributed by atoms with Crippen LogP contribution >= 0.6 is 43.5 Å². The maximum absolute atomic E-state index is 13.5. The second kappa shape index (κ2) is 7.73. The summed E-state index contributed by atoms with van der Waals surface area (Å²) in [5, 5.41) is 4.10. The van der Waals surface area contributed by atoms with Gasteiger partial charge in [-0.3, -0.25) is 0 Å². The van der Waals surface area contributed by atoms with Crippen LogP contribution in [0, 0.1) is 5.82 Å². The number of hydrogen-bond donors (Lipinski definition) is 1. The third kappa shape index (κ3) is 4.78. The van der Waals surface area contributed by atoms with Gasteiger partial charge in [-0.05, 0) is 70.4 Å². The van der Waals surface area contributed by atoms with Gasteiger partial charge in [-0.1, -0.05) is 40.5 Å². The molecule has 1 N–H and O–H groups in total. The monoisotopic (exact) mass is 433 g/mol. The van der Waals surface area contributed by atoms with Crippen LogP contribution in [0.2, 0.25) is 5.02 Å². The van der Waals surface area contributed by atoms with Crippen molar-refractivity contribution in [1.82, 2.24) is 5.32 Å². The van der Waals surface area contributed by atoms with Gasteiger partial charge in [0.05, 0.1) is 5.02 Å². The normalized spacial score (nSPS) is 12.4. The van der Waals surface area contributed by atoms with Gasteiger partial charge in [0.1, 0.15) is 5.82 Å². The van der Waals surface area contributed by atoms with Crippen molar-refractivity contribution in [2.45, 2.75) is 19.4 Å². The fraction of sp³-hybridized carbons (Fsp3) is 0.250. The van der Waals surface area contributed by atoms with E-state index < -0.39 is 0 Å². The van der Waals surface area contributed by atoms with E-state index in [0.717, 1.165) is 26.6 Å². The molecule has 0 aliphatic rings. The zero-order chi connectivity index (χ0) is 15.4. The number of rotatable bonds is 5. The van der Waals surface area contributed by atoms with E-state index in [1.165, 1.54) is 6.07 Å². The Hall–Kier alpha value is -0.420. The van der Waals surface area contributed by atoms with Crippen molar-refractivity contribution in [3.05, 3.63) is 67.3 Å². The van der Waals surface area contributed by atoms with Crippen LogP contribution < -0.4 is 5.32 Å². The minimum atomic E-state index is -0.233. The van der Waals surface area contributed by atoms with Crippen LogP contribution in [-0.2, 0) is 6.42 Å². The predicted octanol–water partition coefficient (Wildman–Crippen LogP) is 5.90. The first-order valence-corrected chi connectivity index (χ1v) is 8.59. The fourth-order valence-electron chi connectivity index (χ4n) is 2.25. The number of likely N-dealkylation sites (N-methyl/N-ethyl adjacent to an activating group) is 1. The van der Waals surface area contributed by atoms with Crippen molar-refractivity contribution in [1.29, 1.82) is 0 Å². The standard InChI is InChI=1S/C16H15Br2ClFN/c1-2-21-16(11-3-4-14(18)15(19)8-11)7-10-5-12(17)9-13(20)6-10/h3-6,8-9,16,21H,2,7H2,1H3. The van der Waals surface area contributed by atoms with Gasteiger partial charge in [-0.25, -0.2) is 4.39 Å². The molecule has 2 aromatic carbocycles. The number of benzene rings is 2. The number of halogens is 4. The Labute approximate surface area is 146 Å². The van der Waals surface area contributed by atoms with E-state index in [1.807, 2.05) is 24.3 Å². The third-order valence-electron chi connectivity index (χ3n) is 3.16. The molecule has 2 aromatic rings. The van der Waals surface area contributed by atoms with Gasteiger partial charge >= 0.3 is 0 Å². The van der Waals surface area contributed by atoms with Crippen LogP contribution in [-0.4, -0.2) is 6.54 Å². The van der Waals surface area contributed by atoms with Crippen LogP contribution in [0.5, 0.6) is 0 Å². The van der Waals surface area contributed by atoms with E-state index in [0.29, 0.717) is 11.4 Å². The van der Waals surface area contributed by atoms with Gasteiger partial charge in [0.2, 0.25) is 0 Å². The van der Waals surface area contributed by atoms with Crippen molar-refractivity contribution < 1.29 is 4.39 Å². The minimum Gasteiger partial charge on any atom is -0.310 e. The third-order valence-corrected chi connectivity index (χ3v) is 4.85. The lowest BCUT2D eigenvalue weighted by molar-refractivity contribution is 0.546. The van der Waals surface area contributed by atoms with Crippen LogP contribution in [0.1, 0.15) is 24.1 Å². The number of hydrogen-bond acceptors (Lipinski definition) is 1. The second-order valence-corrected chi connectivity index (χ2v) is 6.94. The van der Waals surface area contributed by atoms with Crippen LogP contribution in [0.4, 0.5) is 4.39 Å². The SMILES string of the molecule is CCNC(Cc1cc(F)cc(Br)c1)c1ccc(Br)c(Cl)c1.